The first-order valence-electron chi connectivity index (χ1n) is 8.06. The van der Waals surface area contributed by atoms with Gasteiger partial charge in [0.2, 0.25) is 5.91 Å². The Hall–Kier alpha value is -1.39. The summed E-state index contributed by atoms with van der Waals surface area (Å²) in [5.74, 6) is 0.950. The molecule has 4 saturated heterocycles. The van der Waals surface area contributed by atoms with Crippen molar-refractivity contribution in [3.63, 3.8) is 0 Å². The quantitative estimate of drug-likeness (QED) is 0.895. The van der Waals surface area contributed by atoms with Crippen molar-refractivity contribution in [2.75, 3.05) is 26.2 Å². The highest BCUT2D eigenvalue weighted by Crippen LogP contribution is 2.36. The molecule has 0 radical (unpaired) electrons. The average molecular weight is 285 g/mol. The van der Waals surface area contributed by atoms with E-state index in [1.807, 2.05) is 0 Å². The molecule has 2 atom stereocenters. The zero-order chi connectivity index (χ0) is 14.4. The van der Waals surface area contributed by atoms with Gasteiger partial charge in [-0.15, -0.1) is 0 Å². The molecule has 2 unspecified atom stereocenters. The van der Waals surface area contributed by atoms with Crippen molar-refractivity contribution >= 4 is 5.91 Å². The molecule has 1 amide bonds. The summed E-state index contributed by atoms with van der Waals surface area (Å²) in [6.45, 7) is 6.07. The number of aryl methyl sites for hydroxylation is 1. The third-order valence-electron chi connectivity index (χ3n) is 5.35. The van der Waals surface area contributed by atoms with Crippen molar-refractivity contribution in [2.45, 2.75) is 32.0 Å². The molecule has 4 aliphatic rings. The first-order chi connectivity index (χ1) is 10.2. The lowest BCUT2D eigenvalue weighted by Crippen LogP contribution is -2.58. The first kappa shape index (κ1) is 13.3. The summed E-state index contributed by atoms with van der Waals surface area (Å²) in [7, 11) is 0. The van der Waals surface area contributed by atoms with Crippen LogP contribution in [0.5, 0.6) is 0 Å². The summed E-state index contributed by atoms with van der Waals surface area (Å²) in [6, 6.07) is 8.92. The number of hydrogen-bond acceptors (Lipinski definition) is 3. The Balaban J connectivity index is 1.64. The number of fused-ring (bicyclic) bond motifs is 3. The number of rotatable bonds is 2. The lowest BCUT2D eigenvalue weighted by molar-refractivity contribution is -0.135. The minimum Gasteiger partial charge on any atom is -0.317 e. The van der Waals surface area contributed by atoms with Crippen LogP contribution < -0.4 is 5.32 Å². The lowest BCUT2D eigenvalue weighted by Gasteiger charge is -2.49. The Bertz CT molecular complexity index is 551. The molecule has 4 fully saturated rings. The van der Waals surface area contributed by atoms with Gasteiger partial charge in [0.1, 0.15) is 6.17 Å². The molecule has 4 nitrogen and oxygen atoms in total. The van der Waals surface area contributed by atoms with Crippen LogP contribution in [0.15, 0.2) is 24.3 Å². The summed E-state index contributed by atoms with van der Waals surface area (Å²) < 4.78 is 0. The Labute approximate surface area is 126 Å². The second-order valence-corrected chi connectivity index (χ2v) is 6.70. The van der Waals surface area contributed by atoms with Crippen LogP contribution in [0.2, 0.25) is 0 Å². The van der Waals surface area contributed by atoms with Gasteiger partial charge in [0.15, 0.2) is 0 Å². The number of amides is 1. The summed E-state index contributed by atoms with van der Waals surface area (Å²) in [4.78, 5) is 17.1. The smallest absolute Gasteiger partial charge is 0.238 e. The Morgan fingerprint density at radius 1 is 1.24 bits per heavy atom. The van der Waals surface area contributed by atoms with Crippen LogP contribution in [-0.2, 0) is 4.79 Å². The van der Waals surface area contributed by atoms with E-state index in [1.54, 1.807) is 0 Å². The van der Waals surface area contributed by atoms with Crippen LogP contribution >= 0.6 is 0 Å². The molecule has 21 heavy (non-hydrogen) atoms. The molecule has 1 N–H and O–H groups in total. The molecule has 0 aliphatic carbocycles. The molecule has 0 aromatic heterocycles. The Morgan fingerprint density at radius 2 is 2.05 bits per heavy atom. The SMILES string of the molecule is Cc1cccc(C2NCC(=O)N2C2CN3CCC2CC3)c1. The maximum absolute atomic E-state index is 12.5. The van der Waals surface area contributed by atoms with Crippen molar-refractivity contribution in [3.8, 4) is 0 Å². The second-order valence-electron chi connectivity index (χ2n) is 6.70. The van der Waals surface area contributed by atoms with Gasteiger partial charge in [-0.2, -0.15) is 0 Å². The van der Waals surface area contributed by atoms with Gasteiger partial charge < -0.3 is 9.80 Å². The second kappa shape index (κ2) is 5.11. The zero-order valence-electron chi connectivity index (χ0n) is 12.6. The highest BCUT2D eigenvalue weighted by molar-refractivity contribution is 5.81. The average Bonchev–Trinajstić information content (AvgIpc) is 2.90. The van der Waals surface area contributed by atoms with Crippen LogP contribution in [0, 0.1) is 12.8 Å². The number of hydrogen-bond donors (Lipinski definition) is 1. The maximum Gasteiger partial charge on any atom is 0.238 e. The van der Waals surface area contributed by atoms with Crippen LogP contribution in [-0.4, -0.2) is 47.9 Å². The topological polar surface area (TPSA) is 35.6 Å². The normalized spacial score (nSPS) is 35.5. The van der Waals surface area contributed by atoms with E-state index in [9.17, 15) is 4.79 Å². The predicted molar refractivity (Wildman–Crippen MR) is 81.7 cm³/mol. The fourth-order valence-electron chi connectivity index (χ4n) is 4.26. The molecule has 0 spiro atoms. The number of nitrogens with zero attached hydrogens (tertiary/aromatic N) is 2. The summed E-state index contributed by atoms with van der Waals surface area (Å²) >= 11 is 0. The summed E-state index contributed by atoms with van der Waals surface area (Å²) in [5, 5.41) is 3.41. The number of carbonyl (C=O) groups excluding carboxylic acids is 1. The van der Waals surface area contributed by atoms with Gasteiger partial charge in [-0.3, -0.25) is 10.1 Å². The summed E-state index contributed by atoms with van der Waals surface area (Å²) in [6.07, 6.45) is 2.55. The third kappa shape index (κ3) is 2.27. The van der Waals surface area contributed by atoms with Gasteiger partial charge in [-0.25, -0.2) is 0 Å². The van der Waals surface area contributed by atoms with E-state index in [0.29, 0.717) is 18.5 Å². The molecular formula is C17H23N3O. The van der Waals surface area contributed by atoms with Crippen molar-refractivity contribution in [1.82, 2.24) is 15.1 Å². The van der Waals surface area contributed by atoms with Crippen LogP contribution in [0.25, 0.3) is 0 Å². The fourth-order valence-corrected chi connectivity index (χ4v) is 4.26. The molecule has 5 rings (SSSR count). The Morgan fingerprint density at radius 3 is 2.71 bits per heavy atom. The molecule has 112 valence electrons. The van der Waals surface area contributed by atoms with Crippen molar-refractivity contribution in [1.29, 1.82) is 0 Å². The predicted octanol–water partition coefficient (Wildman–Crippen LogP) is 1.52. The van der Waals surface area contributed by atoms with Gasteiger partial charge in [0.05, 0.1) is 6.54 Å². The molecule has 4 heteroatoms. The summed E-state index contributed by atoms with van der Waals surface area (Å²) in [5.41, 5.74) is 2.47. The standard InChI is InChI=1S/C17H23N3O/c1-12-3-2-4-14(9-12)17-18-10-16(21)20(17)15-11-19-7-5-13(15)6-8-19/h2-4,9,13,15,17-18H,5-8,10-11H2,1H3. The van der Waals surface area contributed by atoms with E-state index in [-0.39, 0.29) is 12.1 Å². The number of nitrogens with one attached hydrogen (secondary N) is 1. The Kier molecular flexibility index (Phi) is 3.23. The first-order valence-corrected chi connectivity index (χ1v) is 8.06. The minimum atomic E-state index is 0.0583. The van der Waals surface area contributed by atoms with E-state index >= 15 is 0 Å². The molecule has 0 saturated carbocycles. The molecular weight excluding hydrogens is 262 g/mol. The minimum absolute atomic E-state index is 0.0583. The van der Waals surface area contributed by atoms with Crippen LogP contribution in [0.1, 0.15) is 30.1 Å². The number of piperidine rings is 3. The number of carbonyl (C=O) groups is 1. The largest absolute Gasteiger partial charge is 0.317 e. The van der Waals surface area contributed by atoms with Crippen LogP contribution in [0.4, 0.5) is 0 Å². The molecule has 1 aromatic rings. The fraction of sp³-hybridized carbons (Fsp3) is 0.588. The number of benzene rings is 1. The van der Waals surface area contributed by atoms with Gasteiger partial charge in [0, 0.05) is 12.6 Å². The van der Waals surface area contributed by atoms with Crippen molar-refractivity contribution in [3.05, 3.63) is 35.4 Å². The van der Waals surface area contributed by atoms with Crippen molar-refractivity contribution < 1.29 is 4.79 Å². The molecule has 2 bridgehead atoms. The van der Waals surface area contributed by atoms with E-state index < -0.39 is 0 Å². The third-order valence-corrected chi connectivity index (χ3v) is 5.35. The van der Waals surface area contributed by atoms with Gasteiger partial charge >= 0.3 is 0 Å². The van der Waals surface area contributed by atoms with Crippen LogP contribution in [0.3, 0.4) is 0 Å². The highest BCUT2D eigenvalue weighted by Gasteiger charge is 2.44. The van der Waals surface area contributed by atoms with Gasteiger partial charge in [-0.1, -0.05) is 29.8 Å². The van der Waals surface area contributed by atoms with Gasteiger partial charge in [-0.05, 0) is 44.3 Å². The van der Waals surface area contributed by atoms with Crippen molar-refractivity contribution in [2.24, 2.45) is 5.92 Å². The monoisotopic (exact) mass is 285 g/mol. The van der Waals surface area contributed by atoms with Gasteiger partial charge in [0.25, 0.3) is 0 Å². The van der Waals surface area contributed by atoms with E-state index in [4.69, 9.17) is 0 Å². The molecule has 4 aliphatic heterocycles. The van der Waals surface area contributed by atoms with E-state index in [2.05, 4.69) is 46.3 Å². The highest BCUT2D eigenvalue weighted by atomic mass is 16.2. The van der Waals surface area contributed by atoms with E-state index in [1.165, 1.54) is 37.1 Å². The lowest BCUT2D eigenvalue weighted by atomic mass is 9.82. The molecule has 4 heterocycles. The van der Waals surface area contributed by atoms with E-state index in [0.717, 1.165) is 6.54 Å². The maximum atomic E-state index is 12.5. The molecule has 1 aromatic carbocycles. The zero-order valence-corrected chi connectivity index (χ0v) is 12.6.